The maximum absolute atomic E-state index is 14.8. The van der Waals surface area contributed by atoms with E-state index >= 15 is 0 Å². The number of carbonyl (C=O) groups is 1. The quantitative estimate of drug-likeness (QED) is 0.0208. The van der Waals surface area contributed by atoms with Crippen molar-refractivity contribution in [2.24, 2.45) is 11.8 Å². The van der Waals surface area contributed by atoms with Gasteiger partial charge in [-0.15, -0.1) is 0 Å². The summed E-state index contributed by atoms with van der Waals surface area (Å²) in [4.78, 5) is 164. The van der Waals surface area contributed by atoms with E-state index < -0.39 is 211 Å². The number of anilines is 3. The zero-order valence-corrected chi connectivity index (χ0v) is 67.2. The molecule has 1 amide bonds. The van der Waals surface area contributed by atoms with Crippen molar-refractivity contribution in [3.05, 3.63) is 105 Å². The lowest BCUT2D eigenvalue weighted by molar-refractivity contribution is -0.143. The van der Waals surface area contributed by atoms with Gasteiger partial charge < -0.3 is 112 Å². The lowest BCUT2D eigenvalue weighted by Gasteiger charge is -2.35. The molecule has 6 aromatic heterocycles. The van der Waals surface area contributed by atoms with Crippen molar-refractivity contribution in [3.63, 3.8) is 0 Å². The number of hydrogen-bond donors (Lipinski definition) is 14. The fourth-order valence-corrected chi connectivity index (χ4v) is 20.6. The largest absolute Gasteiger partial charge is 0.386 e. The number of nitrogens with zero attached hydrogens (tertiary/aromatic N) is 9. The van der Waals surface area contributed by atoms with Gasteiger partial charge in [0.05, 0.1) is 69.9 Å². The molecule has 0 radical (unpaired) electrons. The Bertz CT molecular complexity index is 5140. The van der Waals surface area contributed by atoms with E-state index in [-0.39, 0.29) is 82.9 Å². The molecule has 11 unspecified atom stereocenters. The number of amides is 1. The van der Waals surface area contributed by atoms with Gasteiger partial charge >= 0.3 is 50.7 Å². The van der Waals surface area contributed by atoms with Gasteiger partial charge in [-0.1, -0.05) is 26.1 Å². The van der Waals surface area contributed by atoms with E-state index in [4.69, 9.17) is 133 Å². The van der Waals surface area contributed by atoms with Crippen LogP contribution in [0.2, 0.25) is 0 Å². The number of aryl methyl sites for hydroxylation is 1. The van der Waals surface area contributed by atoms with Crippen LogP contribution in [0.15, 0.2) is 65.3 Å². The van der Waals surface area contributed by atoms with Crippen molar-refractivity contribution < 1.29 is 103 Å². The lowest BCUT2D eigenvalue weighted by Crippen LogP contribution is -2.53. The van der Waals surface area contributed by atoms with E-state index in [1.165, 1.54) is 58.9 Å². The molecule has 0 bridgehead atoms. The van der Waals surface area contributed by atoms with Gasteiger partial charge in [-0.3, -0.25) is 61.9 Å². The Morgan fingerprint density at radius 2 is 1.08 bits per heavy atom. The molecule has 21 atom stereocenters. The molecule has 12 heterocycles. The molecule has 0 saturated carbocycles. The smallest absolute Gasteiger partial charge is 0.383 e. The Balaban J connectivity index is 0.762. The third-order valence-electron chi connectivity index (χ3n) is 18.1. The van der Waals surface area contributed by atoms with Crippen LogP contribution < -0.4 is 56.3 Å². The Labute approximate surface area is 645 Å². The summed E-state index contributed by atoms with van der Waals surface area (Å²) in [5.41, 5.74) is 12.3. The summed E-state index contributed by atoms with van der Waals surface area (Å²) in [7, 11) is 0. The Morgan fingerprint density at radius 1 is 0.591 bits per heavy atom. The van der Waals surface area contributed by atoms with Crippen LogP contribution in [0.5, 0.6) is 0 Å². The minimum Gasteiger partial charge on any atom is -0.383 e. The number of carbonyl (C=O) groups excluding carboxylic acids is 1. The number of nitrogens with two attached hydrogens (primary N) is 3. The van der Waals surface area contributed by atoms with Crippen LogP contribution in [0.3, 0.4) is 0 Å². The van der Waals surface area contributed by atoms with Crippen molar-refractivity contribution in [2.75, 3.05) is 50.2 Å². The second kappa shape index (κ2) is 33.6. The van der Waals surface area contributed by atoms with Gasteiger partial charge in [-0.2, -0.15) is 15.0 Å². The Hall–Kier alpha value is -5.15. The van der Waals surface area contributed by atoms with Gasteiger partial charge in [-0.25, -0.2) is 28.5 Å². The maximum atomic E-state index is 14.8. The minimum atomic E-state index is -4.82. The molecule has 12 rings (SSSR count). The van der Waals surface area contributed by atoms with Crippen LogP contribution in [0.25, 0.3) is 22.3 Å². The summed E-state index contributed by atoms with van der Waals surface area (Å²) in [6.07, 6.45) is -15.6. The standard InChI is InChI=1S/C55H78N17O28P5S5/c1-22(2)26-9-37(68-8-7-36(56)60-52(68)77)91-31(26)16-86-102(82,107)97-27-10-38(69-14-24(5)46(73)66-53(69)78)92-32(27)19-89-105(85,110)100-30-13-41(72-45-43(61-55(72)80)49(76)65-51(58)63-45)95-35(30)20-90-104(84,109)98-28-11-39(70-15-25(6)47(74)67-54(70)79)93-33(28)18-88-103(83,108)99-29-12-40(94-34(29)17-87-101(81,106)96-23(3)4)71-21-59-42-44(71)62-50(57)64-48(42)75/h7-8,14-15,21-23,26-35,37-41,54,79H,9-13,16-20H2,1-6H3,(H,61,80)(H,67,74)(H,81,106)(H,82,107)(H,83,108)(H,84,109)(H,85,110)(H2,56,60,77)(H,66,73,78)(H3,57,62,64,75)(H3,58,63,65,76)/t26?,27?,28?,29?,30?,31-,32-,33-,34-,35-,37-,38-,39-,40-,41-,54?,101?,102?,103?,104?,105?/m1/s1. The highest BCUT2D eigenvalue weighted by atomic mass is 32.7. The van der Waals surface area contributed by atoms with Gasteiger partial charge in [0.2, 0.25) is 18.2 Å². The second-order valence-corrected chi connectivity index (χ2v) is 40.7. The van der Waals surface area contributed by atoms with E-state index in [0.29, 0.717) is 6.42 Å². The van der Waals surface area contributed by atoms with Crippen molar-refractivity contribution in [2.45, 2.75) is 172 Å². The predicted octanol–water partition coefficient (Wildman–Crippen LogP) is 0.511. The maximum Gasteiger partial charge on any atom is 0.386 e. The average Bonchev–Trinajstić information content (AvgIpc) is 1.62. The third kappa shape index (κ3) is 19.8. The fraction of sp³-hybridized carbons (Fsp3) is 0.618. The van der Waals surface area contributed by atoms with E-state index in [2.05, 4.69) is 57.4 Å². The Morgan fingerprint density at radius 3 is 1.66 bits per heavy atom. The number of fused-ring (bicyclic) bond motifs is 2. The van der Waals surface area contributed by atoms with Crippen molar-refractivity contribution in [1.29, 1.82) is 0 Å². The molecule has 0 spiro atoms. The van der Waals surface area contributed by atoms with Gasteiger partial charge in [0, 0.05) is 55.4 Å². The first-order valence-electron chi connectivity index (χ1n) is 33.5. The summed E-state index contributed by atoms with van der Waals surface area (Å²) < 4.78 is 110. The number of aliphatic hydroxyl groups is 1. The average molecular weight is 1740 g/mol. The molecule has 606 valence electrons. The zero-order chi connectivity index (χ0) is 79.6. The topological polar surface area (TPSA) is 604 Å². The molecule has 5 fully saturated rings. The summed E-state index contributed by atoms with van der Waals surface area (Å²) in [6, 6.07) is 1.44. The molecule has 45 nitrogen and oxygen atoms in total. The number of ether oxygens (including phenoxy) is 5. The van der Waals surface area contributed by atoms with E-state index in [0.717, 1.165) is 9.13 Å². The van der Waals surface area contributed by atoms with Crippen LogP contribution >= 0.6 is 45.9 Å². The number of nitrogens with one attached hydrogen (secondary N) is 5. The molecular weight excluding hydrogens is 1660 g/mol. The van der Waals surface area contributed by atoms with Gasteiger partial charge in [0.15, 0.2) is 22.3 Å². The van der Waals surface area contributed by atoms with E-state index in [1.54, 1.807) is 13.8 Å². The van der Waals surface area contributed by atoms with Gasteiger partial charge in [0.1, 0.15) is 67.5 Å². The fourth-order valence-electron chi connectivity index (χ4n) is 13.0. The molecular formula is C55H78N17O28P5S5. The molecule has 55 heteroatoms. The molecule has 5 saturated heterocycles. The summed E-state index contributed by atoms with van der Waals surface area (Å²) in [5.74, 6) is -1.53. The van der Waals surface area contributed by atoms with Crippen LogP contribution in [0.4, 0.5) is 17.7 Å². The predicted molar refractivity (Wildman–Crippen MR) is 400 cm³/mol. The van der Waals surface area contributed by atoms with Crippen molar-refractivity contribution >= 4 is 139 Å². The second-order valence-electron chi connectivity index (χ2n) is 26.6. The monoisotopic (exact) mass is 1740 g/mol. The van der Waals surface area contributed by atoms with Gasteiger partial charge in [0.25, 0.3) is 22.6 Å². The number of imidazole rings is 2. The molecule has 0 aliphatic carbocycles. The number of hydrogen-bond acceptors (Lipinski definition) is 36. The number of aliphatic hydroxyl groups excluding tert-OH is 1. The highest BCUT2D eigenvalue weighted by molar-refractivity contribution is 8.44. The van der Waals surface area contributed by atoms with Gasteiger partial charge in [-0.05, 0) is 99.2 Å². The summed E-state index contributed by atoms with van der Waals surface area (Å²) in [5, 5.41) is 13.5. The molecule has 6 aromatic rings. The SMILES string of the molecule is CC1=CN([C@H]2CC(OP(O)(=S)OC[C@H]3O[C@@H](n4c(=O)[nH]c5c(=O)[nH]c(N)nc54)CC3OP(=O)(S)OC[C@H]3O[C@@H](n4cc(C)c(=O)[nH]c4=O)CC3OP(O)(=S)OC[C@H]3O[C@@H](n4ccc(N)nc4=O)CC3C(C)C)[C@@H](COP(O)(=S)OC3C[C@H](n4cnc5c(=O)[nH]c(N)nc54)O[C@@H]3COP(O)(=S)OC(C)C)O2)C(O)NC1=O. The first kappa shape index (κ1) is 84.3. The lowest BCUT2D eigenvalue weighted by atomic mass is 9.89. The van der Waals surface area contributed by atoms with Crippen LogP contribution in [-0.4, -0.2) is 200 Å². The first-order valence-corrected chi connectivity index (χ1v) is 46.5. The van der Waals surface area contributed by atoms with E-state index in [9.17, 15) is 62.8 Å². The molecule has 6 aliphatic heterocycles. The number of nitrogen functional groups attached to an aromatic ring is 3. The highest BCUT2D eigenvalue weighted by Crippen LogP contribution is 2.59. The number of H-pyrrole nitrogens is 4. The third-order valence-corrected chi connectivity index (χ3v) is 26.3. The number of rotatable bonds is 31. The van der Waals surface area contributed by atoms with Crippen LogP contribution in [0.1, 0.15) is 97.2 Å². The van der Waals surface area contributed by atoms with Crippen molar-refractivity contribution in [1.82, 2.24) is 68.4 Å². The number of aromatic amines is 4. The molecule has 16 N–H and O–H groups in total. The van der Waals surface area contributed by atoms with Crippen LogP contribution in [0, 0.1) is 18.8 Å². The number of thiol groups is 1. The first-order chi connectivity index (χ1) is 51.6. The van der Waals surface area contributed by atoms with Crippen LogP contribution in [-0.2, 0) is 126 Å². The summed E-state index contributed by atoms with van der Waals surface area (Å²) >= 11 is 26.2. The molecule has 6 aliphatic rings. The highest BCUT2D eigenvalue weighted by Gasteiger charge is 2.50. The molecule has 0 aromatic carbocycles. The van der Waals surface area contributed by atoms with E-state index in [1.807, 2.05) is 13.8 Å². The Kier molecular flexibility index (Phi) is 25.7. The number of aromatic nitrogens is 12. The summed E-state index contributed by atoms with van der Waals surface area (Å²) in [6.45, 7) is -15.5. The molecule has 110 heavy (non-hydrogen) atoms. The normalized spacial score (nSPS) is 30.1. The van der Waals surface area contributed by atoms with Crippen molar-refractivity contribution in [3.8, 4) is 0 Å². The zero-order valence-electron chi connectivity index (χ0n) is 58.5. The minimum absolute atomic E-state index is 0.00902.